The van der Waals surface area contributed by atoms with Crippen molar-refractivity contribution in [2.75, 3.05) is 27.9 Å². The predicted molar refractivity (Wildman–Crippen MR) is 71.3 cm³/mol. The van der Waals surface area contributed by atoms with E-state index in [4.69, 9.17) is 21.7 Å². The van der Waals surface area contributed by atoms with Crippen molar-refractivity contribution < 1.29 is 19.0 Å². The molecule has 1 aromatic carbocycles. The lowest BCUT2D eigenvalue weighted by atomic mass is 10.2. The van der Waals surface area contributed by atoms with E-state index in [0.717, 1.165) is 5.56 Å². The Labute approximate surface area is 111 Å². The van der Waals surface area contributed by atoms with Crippen molar-refractivity contribution in [2.45, 2.75) is 0 Å². The number of methoxy groups -OCH3 is 3. The lowest BCUT2D eigenvalue weighted by Crippen LogP contribution is -2.29. The summed E-state index contributed by atoms with van der Waals surface area (Å²) in [7, 11) is 4.43. The number of carbonyl (C=O) groups is 1. The van der Waals surface area contributed by atoms with Crippen LogP contribution in [0.25, 0.3) is 0 Å². The number of ether oxygens (including phenoxy) is 3. The molecule has 0 aliphatic heterocycles. The van der Waals surface area contributed by atoms with Crippen LogP contribution in [-0.2, 0) is 9.53 Å². The quantitative estimate of drug-likeness (QED) is 0.639. The van der Waals surface area contributed by atoms with Crippen molar-refractivity contribution >= 4 is 23.2 Å². The number of carbonyl (C=O) groups excluding carboxylic acids is 1. The van der Waals surface area contributed by atoms with Crippen molar-refractivity contribution in [3.05, 3.63) is 23.8 Å². The molecule has 0 aromatic heterocycles. The third kappa shape index (κ3) is 3.59. The van der Waals surface area contributed by atoms with E-state index in [-0.39, 0.29) is 12.5 Å². The van der Waals surface area contributed by atoms with Crippen LogP contribution in [0.1, 0.15) is 5.56 Å². The van der Waals surface area contributed by atoms with E-state index >= 15 is 0 Å². The number of thiocarbonyl (C=S) groups is 1. The molecule has 0 spiro atoms. The van der Waals surface area contributed by atoms with Gasteiger partial charge in [0.1, 0.15) is 11.5 Å². The van der Waals surface area contributed by atoms with Crippen LogP contribution in [0.15, 0.2) is 18.2 Å². The third-order valence-corrected chi connectivity index (χ3v) is 2.65. The number of rotatable bonds is 5. The summed E-state index contributed by atoms with van der Waals surface area (Å²) in [4.78, 5) is 11.4. The van der Waals surface area contributed by atoms with E-state index in [1.807, 2.05) is 0 Å². The van der Waals surface area contributed by atoms with Crippen molar-refractivity contribution in [3.8, 4) is 11.5 Å². The number of hydrogen-bond acceptors (Lipinski definition) is 5. The van der Waals surface area contributed by atoms with Gasteiger partial charge in [0.25, 0.3) is 0 Å². The van der Waals surface area contributed by atoms with Gasteiger partial charge < -0.3 is 19.5 Å². The van der Waals surface area contributed by atoms with Crippen LogP contribution < -0.4 is 14.8 Å². The van der Waals surface area contributed by atoms with E-state index < -0.39 is 0 Å². The summed E-state index contributed by atoms with van der Waals surface area (Å²) in [5.41, 5.74) is 0.742. The van der Waals surface area contributed by atoms with Crippen molar-refractivity contribution in [2.24, 2.45) is 0 Å². The highest BCUT2D eigenvalue weighted by Gasteiger charge is 2.09. The van der Waals surface area contributed by atoms with Crippen LogP contribution in [0.2, 0.25) is 0 Å². The fourth-order valence-corrected chi connectivity index (χ4v) is 1.50. The summed E-state index contributed by atoms with van der Waals surface area (Å²) in [6.07, 6.45) is 0. The van der Waals surface area contributed by atoms with Gasteiger partial charge in [-0.25, -0.2) is 0 Å². The number of hydrogen-bond donors (Lipinski definition) is 1. The second-order valence-corrected chi connectivity index (χ2v) is 3.74. The van der Waals surface area contributed by atoms with Crippen LogP contribution in [0.3, 0.4) is 0 Å². The third-order valence-electron chi connectivity index (χ3n) is 2.27. The van der Waals surface area contributed by atoms with Gasteiger partial charge in [-0.2, -0.15) is 0 Å². The maximum atomic E-state index is 11.0. The predicted octanol–water partition coefficient (Wildman–Crippen LogP) is 1.14. The molecule has 18 heavy (non-hydrogen) atoms. The molecule has 6 heteroatoms. The number of esters is 1. The first kappa shape index (κ1) is 14.2. The molecular weight excluding hydrogens is 254 g/mol. The fraction of sp³-hybridized carbons (Fsp3) is 0.333. The largest absolute Gasteiger partial charge is 0.493 e. The van der Waals surface area contributed by atoms with Crippen LogP contribution in [0.4, 0.5) is 0 Å². The molecule has 0 unspecified atom stereocenters. The molecule has 0 atom stereocenters. The Morgan fingerprint density at radius 3 is 2.44 bits per heavy atom. The molecule has 0 aliphatic rings. The minimum Gasteiger partial charge on any atom is -0.493 e. The van der Waals surface area contributed by atoms with E-state index in [2.05, 4.69) is 10.1 Å². The minimum absolute atomic E-state index is 0.0314. The Kier molecular flexibility index (Phi) is 5.38. The first-order valence-electron chi connectivity index (χ1n) is 5.19. The summed E-state index contributed by atoms with van der Waals surface area (Å²) in [5.74, 6) is 0.826. The van der Waals surface area contributed by atoms with Gasteiger partial charge in [-0.1, -0.05) is 12.2 Å². The van der Waals surface area contributed by atoms with Crippen molar-refractivity contribution in [1.29, 1.82) is 0 Å². The van der Waals surface area contributed by atoms with Gasteiger partial charge in [0, 0.05) is 5.56 Å². The van der Waals surface area contributed by atoms with Crippen LogP contribution >= 0.6 is 12.2 Å². The minimum atomic E-state index is -0.377. The Balaban J connectivity index is 2.77. The Hall–Kier alpha value is -1.82. The highest BCUT2D eigenvalue weighted by molar-refractivity contribution is 7.80. The monoisotopic (exact) mass is 269 g/mol. The highest BCUT2D eigenvalue weighted by Crippen LogP contribution is 2.27. The second kappa shape index (κ2) is 6.80. The lowest BCUT2D eigenvalue weighted by molar-refractivity contribution is -0.139. The average molecular weight is 269 g/mol. The molecule has 5 nitrogen and oxygen atoms in total. The molecule has 0 aliphatic carbocycles. The molecule has 0 heterocycles. The Bertz CT molecular complexity index is 448. The number of nitrogens with one attached hydrogen (secondary N) is 1. The standard InChI is InChI=1S/C12H15NO4S/c1-15-9-5-4-8(6-10(9)16-2)12(18)13-7-11(14)17-3/h4-6H,7H2,1-3H3,(H,13,18). The smallest absolute Gasteiger partial charge is 0.325 e. The molecule has 0 bridgehead atoms. The highest BCUT2D eigenvalue weighted by atomic mass is 32.1. The normalized spacial score (nSPS) is 9.50. The summed E-state index contributed by atoms with van der Waals surface area (Å²) in [6.45, 7) is 0.0314. The molecular formula is C12H15NO4S. The molecule has 0 radical (unpaired) electrons. The van der Waals surface area contributed by atoms with Crippen LogP contribution in [-0.4, -0.2) is 38.8 Å². The lowest BCUT2D eigenvalue weighted by Gasteiger charge is -2.11. The summed E-state index contributed by atoms with van der Waals surface area (Å²) in [6, 6.07) is 5.28. The van der Waals surface area contributed by atoms with Gasteiger partial charge in [0.15, 0.2) is 11.5 Å². The molecule has 0 saturated carbocycles. The zero-order valence-electron chi connectivity index (χ0n) is 10.5. The van der Waals surface area contributed by atoms with Gasteiger partial charge in [0.2, 0.25) is 0 Å². The molecule has 1 aromatic rings. The first-order valence-corrected chi connectivity index (χ1v) is 5.60. The second-order valence-electron chi connectivity index (χ2n) is 3.33. The molecule has 0 amide bonds. The van der Waals surface area contributed by atoms with Gasteiger partial charge in [-0.15, -0.1) is 0 Å². The SMILES string of the molecule is COC(=O)CNC(=S)c1ccc(OC)c(OC)c1. The molecule has 0 saturated heterocycles. The van der Waals surface area contributed by atoms with E-state index in [0.29, 0.717) is 16.5 Å². The van der Waals surface area contributed by atoms with Gasteiger partial charge in [-0.3, -0.25) is 4.79 Å². The summed E-state index contributed by atoms with van der Waals surface area (Å²) in [5, 5.41) is 2.80. The molecule has 98 valence electrons. The van der Waals surface area contributed by atoms with Gasteiger partial charge in [-0.05, 0) is 18.2 Å². The first-order chi connectivity index (χ1) is 8.62. The zero-order valence-corrected chi connectivity index (χ0v) is 11.3. The zero-order chi connectivity index (χ0) is 13.5. The Morgan fingerprint density at radius 1 is 1.22 bits per heavy atom. The van der Waals surface area contributed by atoms with E-state index in [1.165, 1.54) is 7.11 Å². The average Bonchev–Trinajstić information content (AvgIpc) is 2.43. The maximum Gasteiger partial charge on any atom is 0.325 e. The fourth-order valence-electron chi connectivity index (χ4n) is 1.30. The number of benzene rings is 1. The maximum absolute atomic E-state index is 11.0. The van der Waals surface area contributed by atoms with E-state index in [1.54, 1.807) is 32.4 Å². The molecule has 1 N–H and O–H groups in total. The summed E-state index contributed by atoms with van der Waals surface area (Å²) < 4.78 is 14.8. The van der Waals surface area contributed by atoms with E-state index in [9.17, 15) is 4.79 Å². The summed E-state index contributed by atoms with van der Waals surface area (Å²) >= 11 is 5.16. The van der Waals surface area contributed by atoms with Gasteiger partial charge >= 0.3 is 5.97 Å². The molecule has 1 rings (SSSR count). The Morgan fingerprint density at radius 2 is 1.89 bits per heavy atom. The van der Waals surface area contributed by atoms with Crippen LogP contribution in [0.5, 0.6) is 11.5 Å². The molecule has 0 fully saturated rings. The van der Waals surface area contributed by atoms with Crippen LogP contribution in [0, 0.1) is 0 Å². The van der Waals surface area contributed by atoms with Gasteiger partial charge in [0.05, 0.1) is 21.3 Å². The van der Waals surface area contributed by atoms with Crippen molar-refractivity contribution in [1.82, 2.24) is 5.32 Å². The van der Waals surface area contributed by atoms with Crippen molar-refractivity contribution in [3.63, 3.8) is 0 Å². The topological polar surface area (TPSA) is 56.8 Å².